The normalized spacial score (nSPS) is 13.2. The second kappa shape index (κ2) is 7.63. The van der Waals surface area contributed by atoms with Crippen molar-refractivity contribution in [3.05, 3.63) is 52.0 Å². The van der Waals surface area contributed by atoms with E-state index in [9.17, 15) is 14.4 Å². The number of Topliss-reactive ketones (excluding diaryl/α,β-unsaturated/α-hetero) is 1. The Labute approximate surface area is 170 Å². The number of aryl methyl sites for hydroxylation is 1. The van der Waals surface area contributed by atoms with Crippen molar-refractivity contribution in [1.82, 2.24) is 4.98 Å². The van der Waals surface area contributed by atoms with Gasteiger partial charge in [-0.25, -0.2) is 9.78 Å². The standard InChI is InChI=1S/C21H19N3O4S/c1-2-28-21(27)11-6-8-12(9-7-11)23-19(26)18-17(22)14-10-13-15(24-20(14)29-18)4-3-5-16(13)25/h6-10H,2-5,22H2,1H3,(H,23,26). The summed E-state index contributed by atoms with van der Waals surface area (Å²) in [4.78, 5) is 42.2. The van der Waals surface area contributed by atoms with E-state index in [-0.39, 0.29) is 11.7 Å². The van der Waals surface area contributed by atoms with Crippen LogP contribution in [-0.4, -0.2) is 29.3 Å². The zero-order valence-corrected chi connectivity index (χ0v) is 16.6. The minimum Gasteiger partial charge on any atom is -0.462 e. The molecule has 2 aromatic heterocycles. The van der Waals surface area contributed by atoms with Crippen LogP contribution in [0.3, 0.4) is 0 Å². The third-order valence-corrected chi connectivity index (χ3v) is 5.89. The second-order valence-corrected chi connectivity index (χ2v) is 7.71. The summed E-state index contributed by atoms with van der Waals surface area (Å²) in [6.07, 6.45) is 2.06. The average Bonchev–Trinajstić information content (AvgIpc) is 3.04. The molecule has 0 fully saturated rings. The number of nitrogen functional groups attached to an aromatic ring is 1. The number of hydrogen-bond donors (Lipinski definition) is 2. The molecule has 0 radical (unpaired) electrons. The molecule has 148 valence electrons. The number of thiophene rings is 1. The number of anilines is 2. The lowest BCUT2D eigenvalue weighted by molar-refractivity contribution is 0.0526. The first-order valence-electron chi connectivity index (χ1n) is 9.31. The van der Waals surface area contributed by atoms with Gasteiger partial charge in [0.15, 0.2) is 5.78 Å². The van der Waals surface area contributed by atoms with Crippen molar-refractivity contribution in [2.24, 2.45) is 0 Å². The molecule has 8 heteroatoms. The lowest BCUT2D eigenvalue weighted by atomic mass is 9.94. The number of aromatic nitrogens is 1. The summed E-state index contributed by atoms with van der Waals surface area (Å²) >= 11 is 1.21. The number of nitrogens with one attached hydrogen (secondary N) is 1. The van der Waals surface area contributed by atoms with Gasteiger partial charge in [0.05, 0.1) is 23.6 Å². The first-order valence-corrected chi connectivity index (χ1v) is 10.1. The maximum absolute atomic E-state index is 12.7. The second-order valence-electron chi connectivity index (χ2n) is 6.71. The van der Waals surface area contributed by atoms with E-state index in [1.807, 2.05) is 0 Å². The number of esters is 1. The quantitative estimate of drug-likeness (QED) is 0.634. The molecule has 1 aliphatic carbocycles. The topological polar surface area (TPSA) is 111 Å². The molecule has 0 saturated heterocycles. The predicted molar refractivity (Wildman–Crippen MR) is 112 cm³/mol. The van der Waals surface area contributed by atoms with Gasteiger partial charge in [-0.05, 0) is 50.1 Å². The molecular formula is C21H19N3O4S. The number of fused-ring (bicyclic) bond motifs is 2. The van der Waals surface area contributed by atoms with Crippen LogP contribution in [-0.2, 0) is 11.2 Å². The van der Waals surface area contributed by atoms with Crippen LogP contribution in [0.2, 0.25) is 0 Å². The van der Waals surface area contributed by atoms with Gasteiger partial charge in [-0.3, -0.25) is 9.59 Å². The number of nitrogens with two attached hydrogens (primary N) is 1. The summed E-state index contributed by atoms with van der Waals surface area (Å²) in [5.41, 5.74) is 8.84. The van der Waals surface area contributed by atoms with Crippen LogP contribution in [0.5, 0.6) is 0 Å². The van der Waals surface area contributed by atoms with E-state index in [0.717, 1.165) is 18.5 Å². The Kier molecular flexibility index (Phi) is 5.02. The molecule has 1 aliphatic rings. The average molecular weight is 409 g/mol. The van der Waals surface area contributed by atoms with Crippen molar-refractivity contribution < 1.29 is 19.1 Å². The molecule has 29 heavy (non-hydrogen) atoms. The van der Waals surface area contributed by atoms with Gasteiger partial charge in [0, 0.05) is 23.1 Å². The number of amides is 1. The Balaban J connectivity index is 1.59. The highest BCUT2D eigenvalue weighted by Crippen LogP contribution is 2.35. The Morgan fingerprint density at radius 2 is 2.00 bits per heavy atom. The van der Waals surface area contributed by atoms with E-state index in [1.165, 1.54) is 11.3 Å². The van der Waals surface area contributed by atoms with Crippen LogP contribution >= 0.6 is 11.3 Å². The van der Waals surface area contributed by atoms with Crippen LogP contribution in [0.4, 0.5) is 11.4 Å². The number of pyridine rings is 1. The highest BCUT2D eigenvalue weighted by Gasteiger charge is 2.23. The van der Waals surface area contributed by atoms with Crippen molar-refractivity contribution in [3.8, 4) is 0 Å². The van der Waals surface area contributed by atoms with Gasteiger partial charge in [0.25, 0.3) is 5.91 Å². The molecule has 7 nitrogen and oxygen atoms in total. The molecule has 0 unspecified atom stereocenters. The largest absolute Gasteiger partial charge is 0.462 e. The Morgan fingerprint density at radius 3 is 2.72 bits per heavy atom. The van der Waals surface area contributed by atoms with Crippen LogP contribution in [0.15, 0.2) is 30.3 Å². The number of carbonyl (C=O) groups is 3. The molecule has 4 rings (SSSR count). The number of rotatable bonds is 4. The van der Waals surface area contributed by atoms with Crippen molar-refractivity contribution in [1.29, 1.82) is 0 Å². The highest BCUT2D eigenvalue weighted by atomic mass is 32.1. The summed E-state index contributed by atoms with van der Waals surface area (Å²) < 4.78 is 4.95. The molecule has 1 aromatic carbocycles. The number of hydrogen-bond acceptors (Lipinski definition) is 7. The monoisotopic (exact) mass is 409 g/mol. The molecule has 3 aromatic rings. The number of carbonyl (C=O) groups excluding carboxylic acids is 3. The summed E-state index contributed by atoms with van der Waals surface area (Å²) in [6.45, 7) is 2.04. The molecular weight excluding hydrogens is 390 g/mol. The summed E-state index contributed by atoms with van der Waals surface area (Å²) in [7, 11) is 0. The number of nitrogens with zero attached hydrogens (tertiary/aromatic N) is 1. The number of ketones is 1. The lowest BCUT2D eigenvalue weighted by Gasteiger charge is -2.13. The zero-order valence-electron chi connectivity index (χ0n) is 15.8. The molecule has 1 amide bonds. The van der Waals surface area contributed by atoms with Crippen molar-refractivity contribution in [3.63, 3.8) is 0 Å². The summed E-state index contributed by atoms with van der Waals surface area (Å²) in [5, 5.41) is 3.41. The molecule has 0 saturated carbocycles. The van der Waals surface area contributed by atoms with E-state index in [2.05, 4.69) is 10.3 Å². The van der Waals surface area contributed by atoms with E-state index in [1.54, 1.807) is 37.3 Å². The molecule has 0 atom stereocenters. The Bertz CT molecular complexity index is 1140. The lowest BCUT2D eigenvalue weighted by Crippen LogP contribution is -2.13. The third kappa shape index (κ3) is 3.58. The zero-order chi connectivity index (χ0) is 20.5. The number of benzene rings is 1. The smallest absolute Gasteiger partial charge is 0.338 e. The Morgan fingerprint density at radius 1 is 1.24 bits per heavy atom. The van der Waals surface area contributed by atoms with Gasteiger partial charge in [-0.1, -0.05) is 0 Å². The molecule has 2 heterocycles. The molecule has 0 bridgehead atoms. The first kappa shape index (κ1) is 19.1. The van der Waals surface area contributed by atoms with Crippen LogP contribution in [0.1, 0.15) is 55.8 Å². The van der Waals surface area contributed by atoms with Crippen molar-refractivity contribution in [2.75, 3.05) is 17.7 Å². The van der Waals surface area contributed by atoms with Gasteiger partial charge in [-0.15, -0.1) is 11.3 Å². The van der Waals surface area contributed by atoms with E-state index in [0.29, 0.717) is 50.6 Å². The van der Waals surface area contributed by atoms with Gasteiger partial charge < -0.3 is 15.8 Å². The van der Waals surface area contributed by atoms with E-state index in [4.69, 9.17) is 10.5 Å². The maximum atomic E-state index is 12.7. The van der Waals surface area contributed by atoms with Crippen molar-refractivity contribution >= 4 is 50.6 Å². The highest BCUT2D eigenvalue weighted by molar-refractivity contribution is 7.21. The fraction of sp³-hybridized carbons (Fsp3) is 0.238. The van der Waals surface area contributed by atoms with Crippen molar-refractivity contribution in [2.45, 2.75) is 26.2 Å². The maximum Gasteiger partial charge on any atom is 0.338 e. The van der Waals surface area contributed by atoms with Gasteiger partial charge >= 0.3 is 5.97 Å². The molecule has 3 N–H and O–H groups in total. The SMILES string of the molecule is CCOC(=O)c1ccc(NC(=O)c2sc3nc4c(cc3c2N)C(=O)CCC4)cc1. The fourth-order valence-corrected chi connectivity index (χ4v) is 4.31. The van der Waals surface area contributed by atoms with E-state index >= 15 is 0 Å². The molecule has 0 spiro atoms. The van der Waals surface area contributed by atoms with Crippen LogP contribution in [0, 0.1) is 0 Å². The Hall–Kier alpha value is -3.26. The van der Waals surface area contributed by atoms with Gasteiger partial charge in [-0.2, -0.15) is 0 Å². The summed E-state index contributed by atoms with van der Waals surface area (Å²) in [6, 6.07) is 8.19. The minimum atomic E-state index is -0.413. The van der Waals surface area contributed by atoms with Gasteiger partial charge in [0.1, 0.15) is 9.71 Å². The fourth-order valence-electron chi connectivity index (χ4n) is 3.32. The first-order chi connectivity index (χ1) is 14.0. The summed E-state index contributed by atoms with van der Waals surface area (Å²) in [5.74, 6) is -0.707. The van der Waals surface area contributed by atoms with Crippen LogP contribution < -0.4 is 11.1 Å². The molecule has 0 aliphatic heterocycles. The third-order valence-electron chi connectivity index (χ3n) is 4.78. The van der Waals surface area contributed by atoms with E-state index < -0.39 is 5.97 Å². The number of ether oxygens (including phenoxy) is 1. The minimum absolute atomic E-state index is 0.0685. The van der Waals surface area contributed by atoms with Gasteiger partial charge in [0.2, 0.25) is 0 Å². The van der Waals surface area contributed by atoms with Crippen LogP contribution in [0.25, 0.3) is 10.2 Å². The predicted octanol–water partition coefficient (Wildman–Crippen LogP) is 3.83.